The fourth-order valence-electron chi connectivity index (χ4n) is 0.507. The van der Waals surface area contributed by atoms with E-state index >= 15 is 0 Å². The lowest BCUT2D eigenvalue weighted by Gasteiger charge is -2.04. The highest BCUT2D eigenvalue weighted by molar-refractivity contribution is 7.94. The Balaban J connectivity index is 5.18. The van der Waals surface area contributed by atoms with Crippen LogP contribution in [0.4, 0.5) is 0 Å². The zero-order valence-corrected chi connectivity index (χ0v) is 10.6. The van der Waals surface area contributed by atoms with E-state index in [0.29, 0.717) is 6.26 Å². The SMILES string of the molecule is CO[P+](=O)C(OS(C)(=O)=O)S(=O)(=O)OC. The van der Waals surface area contributed by atoms with Gasteiger partial charge in [-0.15, -0.1) is 4.52 Å². The van der Waals surface area contributed by atoms with Gasteiger partial charge in [0.15, 0.2) is 0 Å². The van der Waals surface area contributed by atoms with E-state index < -0.39 is 33.4 Å². The van der Waals surface area contributed by atoms with E-state index in [-0.39, 0.29) is 0 Å². The summed E-state index contributed by atoms with van der Waals surface area (Å²) in [7, 11) is -9.64. The van der Waals surface area contributed by atoms with Crippen LogP contribution in [-0.2, 0) is 37.7 Å². The molecule has 90 valence electrons. The van der Waals surface area contributed by atoms with Crippen molar-refractivity contribution in [2.45, 2.75) is 5.18 Å². The molecule has 8 nitrogen and oxygen atoms in total. The summed E-state index contributed by atoms with van der Waals surface area (Å²) in [5.41, 5.74) is 0. The predicted molar refractivity (Wildman–Crippen MR) is 50.3 cm³/mol. The summed E-state index contributed by atoms with van der Waals surface area (Å²) in [4.78, 5) is 0. The van der Waals surface area contributed by atoms with Crippen LogP contribution in [0.3, 0.4) is 0 Å². The van der Waals surface area contributed by atoms with Crippen molar-refractivity contribution in [3.63, 3.8) is 0 Å². The lowest BCUT2D eigenvalue weighted by molar-refractivity contribution is 0.284. The molecule has 2 unspecified atom stereocenters. The molecule has 0 radical (unpaired) electrons. The fraction of sp³-hybridized carbons (Fsp3) is 1.00. The zero-order chi connectivity index (χ0) is 12.3. The third-order valence-electron chi connectivity index (χ3n) is 1.09. The van der Waals surface area contributed by atoms with Crippen molar-refractivity contribution in [1.29, 1.82) is 0 Å². The molecule has 0 rings (SSSR count). The molecule has 11 heteroatoms. The van der Waals surface area contributed by atoms with E-state index in [0.717, 1.165) is 14.2 Å². The predicted octanol–water partition coefficient (Wildman–Crippen LogP) is -0.389. The Morgan fingerprint density at radius 3 is 1.87 bits per heavy atom. The highest BCUT2D eigenvalue weighted by atomic mass is 32.2. The molecule has 15 heavy (non-hydrogen) atoms. The summed E-state index contributed by atoms with van der Waals surface area (Å²) < 4.78 is 67.0. The Labute approximate surface area is 88.6 Å². The second-order valence-electron chi connectivity index (χ2n) is 2.23. The van der Waals surface area contributed by atoms with E-state index in [1.54, 1.807) is 0 Å². The molecule has 0 amide bonds. The fourth-order valence-corrected chi connectivity index (χ4v) is 4.07. The van der Waals surface area contributed by atoms with E-state index in [1.807, 2.05) is 0 Å². The van der Waals surface area contributed by atoms with Gasteiger partial charge in [-0.3, -0.25) is 4.18 Å². The summed E-state index contributed by atoms with van der Waals surface area (Å²) in [5, 5.41) is -2.20. The summed E-state index contributed by atoms with van der Waals surface area (Å²) in [5.74, 6) is 0. The van der Waals surface area contributed by atoms with Gasteiger partial charge in [-0.25, -0.2) is 0 Å². The van der Waals surface area contributed by atoms with Crippen molar-refractivity contribution in [1.82, 2.24) is 0 Å². The maximum absolute atomic E-state index is 11.1. The van der Waals surface area contributed by atoms with Crippen LogP contribution in [0.1, 0.15) is 0 Å². The maximum atomic E-state index is 11.1. The minimum Gasteiger partial charge on any atom is -0.268 e. The molecule has 0 saturated heterocycles. The molecule has 0 aliphatic rings. The van der Waals surface area contributed by atoms with Gasteiger partial charge in [0, 0.05) is 0 Å². The van der Waals surface area contributed by atoms with Crippen molar-refractivity contribution in [3.8, 4) is 0 Å². The molecule has 0 aliphatic carbocycles. The molecule has 0 saturated carbocycles. The average Bonchev–Trinajstić information content (AvgIpc) is 2.11. The van der Waals surface area contributed by atoms with Crippen LogP contribution >= 0.6 is 8.03 Å². The van der Waals surface area contributed by atoms with Crippen LogP contribution in [-0.4, -0.2) is 42.5 Å². The highest BCUT2D eigenvalue weighted by Crippen LogP contribution is 2.34. The molecule has 0 aromatic rings. The summed E-state index contributed by atoms with van der Waals surface area (Å²) in [6.07, 6.45) is 0.615. The monoisotopic (exact) mass is 281 g/mol. The van der Waals surface area contributed by atoms with Gasteiger partial charge in [-0.2, -0.15) is 21.0 Å². The van der Waals surface area contributed by atoms with E-state index in [2.05, 4.69) is 12.9 Å². The average molecular weight is 281 g/mol. The Hall–Kier alpha value is -0.120. The summed E-state index contributed by atoms with van der Waals surface area (Å²) in [6, 6.07) is 0. The quantitative estimate of drug-likeness (QED) is 0.478. The molecule has 2 atom stereocenters. The van der Waals surface area contributed by atoms with Crippen LogP contribution < -0.4 is 0 Å². The Morgan fingerprint density at radius 2 is 1.60 bits per heavy atom. The minimum atomic E-state index is -4.41. The third kappa shape index (κ3) is 4.96. The first-order chi connectivity index (χ1) is 6.64. The maximum Gasteiger partial charge on any atom is 0.561 e. The van der Waals surface area contributed by atoms with Crippen LogP contribution in [0.15, 0.2) is 0 Å². The van der Waals surface area contributed by atoms with Crippen LogP contribution in [0, 0.1) is 0 Å². The van der Waals surface area contributed by atoms with Gasteiger partial charge in [-0.1, -0.05) is 0 Å². The molecule has 0 aromatic carbocycles. The highest BCUT2D eigenvalue weighted by Gasteiger charge is 2.48. The van der Waals surface area contributed by atoms with Gasteiger partial charge < -0.3 is 0 Å². The lowest BCUT2D eigenvalue weighted by Crippen LogP contribution is -2.25. The Kier molecular flexibility index (Phi) is 5.24. The first-order valence-electron chi connectivity index (χ1n) is 3.32. The van der Waals surface area contributed by atoms with E-state index in [1.165, 1.54) is 0 Å². The third-order valence-corrected chi connectivity index (χ3v) is 5.05. The molecule has 0 fully saturated rings. The van der Waals surface area contributed by atoms with Gasteiger partial charge in [0.25, 0.3) is 10.1 Å². The van der Waals surface area contributed by atoms with Crippen LogP contribution in [0.5, 0.6) is 0 Å². The standard InChI is InChI=1S/C4H10O8PS2/c1-10-13(5)4(12-14(3,6)7)15(8,9)11-2/h4H,1-3H3/q+1. The molecule has 0 spiro atoms. The number of hydrogen-bond donors (Lipinski definition) is 0. The Morgan fingerprint density at radius 1 is 1.13 bits per heavy atom. The van der Waals surface area contributed by atoms with Crippen molar-refractivity contribution in [3.05, 3.63) is 0 Å². The van der Waals surface area contributed by atoms with Crippen LogP contribution in [0.25, 0.3) is 0 Å². The topological polar surface area (TPSA) is 113 Å². The van der Waals surface area contributed by atoms with Gasteiger partial charge >= 0.3 is 23.3 Å². The van der Waals surface area contributed by atoms with Gasteiger partial charge in [-0.05, 0) is 4.57 Å². The summed E-state index contributed by atoms with van der Waals surface area (Å²) in [6.45, 7) is 0. The number of rotatable bonds is 6. The number of hydrogen-bond acceptors (Lipinski definition) is 8. The summed E-state index contributed by atoms with van der Waals surface area (Å²) >= 11 is 0. The van der Waals surface area contributed by atoms with Gasteiger partial charge in [0.1, 0.15) is 0 Å². The van der Waals surface area contributed by atoms with Crippen molar-refractivity contribution >= 4 is 28.3 Å². The van der Waals surface area contributed by atoms with E-state index in [4.69, 9.17) is 0 Å². The second-order valence-corrected chi connectivity index (χ2v) is 7.34. The first kappa shape index (κ1) is 14.9. The minimum absolute atomic E-state index is 0.615. The smallest absolute Gasteiger partial charge is 0.268 e. The van der Waals surface area contributed by atoms with Crippen molar-refractivity contribution in [2.24, 2.45) is 0 Å². The zero-order valence-electron chi connectivity index (χ0n) is 8.11. The van der Waals surface area contributed by atoms with E-state index in [9.17, 15) is 21.4 Å². The Bertz CT molecular complexity index is 422. The second kappa shape index (κ2) is 5.28. The van der Waals surface area contributed by atoms with Gasteiger partial charge in [0.2, 0.25) is 0 Å². The molecule has 0 aromatic heterocycles. The first-order valence-corrected chi connectivity index (χ1v) is 7.85. The lowest BCUT2D eigenvalue weighted by atomic mass is 11.7. The van der Waals surface area contributed by atoms with Crippen molar-refractivity contribution in [2.75, 3.05) is 20.5 Å². The molecule has 0 aliphatic heterocycles. The van der Waals surface area contributed by atoms with Gasteiger partial charge in [0.05, 0.1) is 20.5 Å². The largest absolute Gasteiger partial charge is 0.561 e. The molecule has 0 bridgehead atoms. The molecule has 0 N–H and O–H groups in total. The molecular formula is C4H10O8PS2+. The molecule has 0 heterocycles. The van der Waals surface area contributed by atoms with Crippen molar-refractivity contribution < 1.29 is 34.3 Å². The normalized spacial score (nSPS) is 16.1. The molecular weight excluding hydrogens is 271 g/mol. The van der Waals surface area contributed by atoms with Crippen LogP contribution in [0.2, 0.25) is 0 Å².